The predicted molar refractivity (Wildman–Crippen MR) is 76.2 cm³/mol. The molecule has 4 heteroatoms. The Morgan fingerprint density at radius 3 is 2.53 bits per heavy atom. The van der Waals surface area contributed by atoms with Crippen molar-refractivity contribution < 1.29 is 14.6 Å². The summed E-state index contributed by atoms with van der Waals surface area (Å²) in [6, 6.07) is -0.466. The lowest BCUT2D eigenvalue weighted by molar-refractivity contribution is -0.142. The van der Waals surface area contributed by atoms with Crippen molar-refractivity contribution in [1.29, 1.82) is 0 Å². The lowest BCUT2D eigenvalue weighted by atomic mass is 9.71. The Labute approximate surface area is 116 Å². The molecule has 2 N–H and O–H groups in total. The van der Waals surface area contributed by atoms with E-state index in [1.165, 1.54) is 6.42 Å². The Hall–Kier alpha value is -0.610. The van der Waals surface area contributed by atoms with Crippen molar-refractivity contribution in [1.82, 2.24) is 5.32 Å². The second-order valence-electron chi connectivity index (χ2n) is 7.08. The highest BCUT2D eigenvalue weighted by Crippen LogP contribution is 2.39. The number of carboxylic acids is 1. The Bertz CT molecular complexity index is 302. The van der Waals surface area contributed by atoms with Gasteiger partial charge in [-0.05, 0) is 30.6 Å². The molecule has 1 aliphatic rings. The van der Waals surface area contributed by atoms with Crippen LogP contribution in [0.3, 0.4) is 0 Å². The Morgan fingerprint density at radius 2 is 2.05 bits per heavy atom. The maximum Gasteiger partial charge on any atom is 0.323 e. The van der Waals surface area contributed by atoms with Crippen molar-refractivity contribution >= 4 is 5.97 Å². The fourth-order valence-corrected chi connectivity index (χ4v) is 3.21. The van der Waals surface area contributed by atoms with E-state index in [-0.39, 0.29) is 18.8 Å². The molecule has 1 aliphatic carbocycles. The van der Waals surface area contributed by atoms with Crippen molar-refractivity contribution in [2.45, 2.75) is 72.1 Å². The van der Waals surface area contributed by atoms with Gasteiger partial charge in [-0.15, -0.1) is 0 Å². The molecule has 0 saturated heterocycles. The Balaban J connectivity index is 2.47. The van der Waals surface area contributed by atoms with Gasteiger partial charge in [-0.1, -0.05) is 34.6 Å². The van der Waals surface area contributed by atoms with E-state index in [1.54, 1.807) is 0 Å². The number of aliphatic carboxylic acids is 1. The van der Waals surface area contributed by atoms with Gasteiger partial charge in [0.2, 0.25) is 0 Å². The number of hydrogen-bond donors (Lipinski definition) is 2. The van der Waals surface area contributed by atoms with Crippen molar-refractivity contribution in [3.63, 3.8) is 0 Å². The minimum absolute atomic E-state index is 0.145. The molecule has 0 amide bonds. The first-order valence-corrected chi connectivity index (χ1v) is 7.30. The third kappa shape index (κ3) is 5.91. The minimum atomic E-state index is -0.836. The van der Waals surface area contributed by atoms with Crippen LogP contribution in [-0.2, 0) is 9.53 Å². The first-order valence-electron chi connectivity index (χ1n) is 7.30. The Morgan fingerprint density at radius 1 is 1.42 bits per heavy atom. The molecule has 1 fully saturated rings. The van der Waals surface area contributed by atoms with Gasteiger partial charge in [0.25, 0.3) is 0 Å². The number of nitrogens with one attached hydrogen (secondary N) is 1. The van der Waals surface area contributed by atoms with Crippen LogP contribution in [0.25, 0.3) is 0 Å². The second-order valence-corrected chi connectivity index (χ2v) is 7.08. The van der Waals surface area contributed by atoms with E-state index in [1.807, 2.05) is 13.8 Å². The number of carbonyl (C=O) groups is 1. The molecule has 3 atom stereocenters. The van der Waals surface area contributed by atoms with E-state index in [0.717, 1.165) is 12.8 Å². The summed E-state index contributed by atoms with van der Waals surface area (Å²) >= 11 is 0. The van der Waals surface area contributed by atoms with E-state index in [9.17, 15) is 4.79 Å². The summed E-state index contributed by atoms with van der Waals surface area (Å²) in [7, 11) is 0. The molecule has 0 aromatic heterocycles. The van der Waals surface area contributed by atoms with Gasteiger partial charge in [0.15, 0.2) is 0 Å². The molecule has 0 bridgehead atoms. The summed E-state index contributed by atoms with van der Waals surface area (Å²) in [5.74, 6) is -0.188. The van der Waals surface area contributed by atoms with E-state index >= 15 is 0 Å². The summed E-state index contributed by atoms with van der Waals surface area (Å²) < 4.78 is 5.87. The summed E-state index contributed by atoms with van der Waals surface area (Å²) in [6.45, 7) is 10.9. The van der Waals surface area contributed by atoms with Gasteiger partial charge in [0.1, 0.15) is 6.04 Å². The fraction of sp³-hybridized carbons (Fsp3) is 0.933. The fourth-order valence-electron chi connectivity index (χ4n) is 3.21. The van der Waals surface area contributed by atoms with E-state index in [4.69, 9.17) is 9.84 Å². The number of ether oxygens (including phenoxy) is 1. The van der Waals surface area contributed by atoms with Gasteiger partial charge < -0.3 is 15.2 Å². The van der Waals surface area contributed by atoms with Crippen LogP contribution < -0.4 is 5.32 Å². The van der Waals surface area contributed by atoms with Crippen LogP contribution in [-0.4, -0.2) is 35.9 Å². The zero-order valence-corrected chi connectivity index (χ0v) is 12.9. The van der Waals surface area contributed by atoms with Crippen molar-refractivity contribution in [3.05, 3.63) is 0 Å². The molecule has 112 valence electrons. The first-order chi connectivity index (χ1) is 8.69. The highest BCUT2D eigenvalue weighted by Gasteiger charge is 2.33. The molecular weight excluding hydrogens is 242 g/mol. The molecule has 0 heterocycles. The number of hydrogen-bond acceptors (Lipinski definition) is 3. The maximum absolute atomic E-state index is 11.2. The first kappa shape index (κ1) is 16.4. The van der Waals surface area contributed by atoms with Crippen LogP contribution in [0.15, 0.2) is 0 Å². The van der Waals surface area contributed by atoms with Crippen LogP contribution >= 0.6 is 0 Å². The van der Waals surface area contributed by atoms with Crippen LogP contribution in [0.1, 0.15) is 53.9 Å². The van der Waals surface area contributed by atoms with E-state index in [0.29, 0.717) is 11.3 Å². The average Bonchev–Trinajstić information content (AvgIpc) is 2.20. The highest BCUT2D eigenvalue weighted by atomic mass is 16.5. The molecule has 0 aromatic carbocycles. The molecule has 3 unspecified atom stereocenters. The molecule has 0 spiro atoms. The lowest BCUT2D eigenvalue weighted by Crippen LogP contribution is -2.45. The summed E-state index contributed by atoms with van der Waals surface area (Å²) in [4.78, 5) is 11.2. The quantitative estimate of drug-likeness (QED) is 0.780. The van der Waals surface area contributed by atoms with Crippen LogP contribution in [0.2, 0.25) is 0 Å². The van der Waals surface area contributed by atoms with E-state index in [2.05, 4.69) is 26.1 Å². The van der Waals surface area contributed by atoms with Gasteiger partial charge in [-0.2, -0.15) is 0 Å². The standard InChI is InChI=1S/C15H29NO3/c1-10(2)16-13(14(17)18)9-19-12-6-11(3)7-15(4,5)8-12/h10-13,16H,6-9H2,1-5H3,(H,17,18). The topological polar surface area (TPSA) is 58.6 Å². The minimum Gasteiger partial charge on any atom is -0.480 e. The summed E-state index contributed by atoms with van der Waals surface area (Å²) in [5.41, 5.74) is 0.298. The number of rotatable bonds is 6. The van der Waals surface area contributed by atoms with Gasteiger partial charge >= 0.3 is 5.97 Å². The third-order valence-corrected chi connectivity index (χ3v) is 3.68. The SMILES string of the molecule is CC1CC(OCC(NC(C)C)C(=O)O)CC(C)(C)C1. The molecule has 1 saturated carbocycles. The molecule has 0 radical (unpaired) electrons. The molecule has 0 aromatic rings. The summed E-state index contributed by atoms with van der Waals surface area (Å²) in [5, 5.41) is 12.2. The highest BCUT2D eigenvalue weighted by molar-refractivity contribution is 5.73. The lowest BCUT2D eigenvalue weighted by Gasteiger charge is -2.39. The van der Waals surface area contributed by atoms with Crippen molar-refractivity contribution in [2.75, 3.05) is 6.61 Å². The maximum atomic E-state index is 11.2. The van der Waals surface area contributed by atoms with Crippen LogP contribution in [0.5, 0.6) is 0 Å². The molecule has 1 rings (SSSR count). The van der Waals surface area contributed by atoms with Crippen LogP contribution in [0.4, 0.5) is 0 Å². The van der Waals surface area contributed by atoms with Crippen molar-refractivity contribution in [3.8, 4) is 0 Å². The van der Waals surface area contributed by atoms with Gasteiger partial charge in [0, 0.05) is 6.04 Å². The third-order valence-electron chi connectivity index (χ3n) is 3.68. The molecule has 0 aliphatic heterocycles. The van der Waals surface area contributed by atoms with Crippen LogP contribution in [0, 0.1) is 11.3 Å². The second kappa shape index (κ2) is 6.71. The zero-order chi connectivity index (χ0) is 14.6. The normalized spacial score (nSPS) is 28.3. The van der Waals surface area contributed by atoms with Gasteiger partial charge in [0.05, 0.1) is 12.7 Å². The van der Waals surface area contributed by atoms with Gasteiger partial charge in [-0.25, -0.2) is 0 Å². The average molecular weight is 271 g/mol. The Kier molecular flexibility index (Phi) is 5.81. The molecule has 19 heavy (non-hydrogen) atoms. The largest absolute Gasteiger partial charge is 0.480 e. The summed E-state index contributed by atoms with van der Waals surface area (Å²) in [6.07, 6.45) is 3.47. The zero-order valence-electron chi connectivity index (χ0n) is 12.9. The monoisotopic (exact) mass is 271 g/mol. The number of carboxylic acid groups (broad SMARTS) is 1. The van der Waals surface area contributed by atoms with E-state index < -0.39 is 12.0 Å². The van der Waals surface area contributed by atoms with Gasteiger partial charge in [-0.3, -0.25) is 4.79 Å². The van der Waals surface area contributed by atoms with Crippen molar-refractivity contribution in [2.24, 2.45) is 11.3 Å². The smallest absolute Gasteiger partial charge is 0.323 e. The molecule has 4 nitrogen and oxygen atoms in total. The predicted octanol–water partition coefficient (Wildman–Crippen LogP) is 2.67. The molecular formula is C15H29NO3.